The summed E-state index contributed by atoms with van der Waals surface area (Å²) in [5.74, 6) is 0.670. The van der Waals surface area contributed by atoms with E-state index in [-0.39, 0.29) is 5.56 Å². The van der Waals surface area contributed by atoms with Crippen molar-refractivity contribution in [1.29, 1.82) is 0 Å². The zero-order valence-electron chi connectivity index (χ0n) is 11.4. The highest BCUT2D eigenvalue weighted by atomic mass is 16.1. The molecule has 6 heteroatoms. The highest BCUT2D eigenvalue weighted by Crippen LogP contribution is 2.31. The Morgan fingerprint density at radius 1 is 1.09 bits per heavy atom. The van der Waals surface area contributed by atoms with Gasteiger partial charge in [-0.3, -0.25) is 20.0 Å². The molecule has 0 amide bonds. The number of aliphatic imine (C=N–C) groups is 1. The largest absolute Gasteiger partial charge is 0.297 e. The summed E-state index contributed by atoms with van der Waals surface area (Å²) in [5, 5.41) is 5.53. The van der Waals surface area contributed by atoms with Crippen LogP contribution in [0.15, 0.2) is 52.6 Å². The summed E-state index contributed by atoms with van der Waals surface area (Å²) in [7, 11) is 0. The molecule has 22 heavy (non-hydrogen) atoms. The molecule has 0 spiro atoms. The molecule has 1 aliphatic heterocycles. The predicted molar refractivity (Wildman–Crippen MR) is 84.9 cm³/mol. The van der Waals surface area contributed by atoms with Gasteiger partial charge >= 0.3 is 0 Å². The summed E-state index contributed by atoms with van der Waals surface area (Å²) in [6.07, 6.45) is 8.63. The summed E-state index contributed by atoms with van der Waals surface area (Å²) in [5.41, 5.74) is 3.69. The zero-order chi connectivity index (χ0) is 14.9. The zero-order valence-corrected chi connectivity index (χ0v) is 11.4. The number of rotatable bonds is 2. The molecule has 0 radical (unpaired) electrons. The van der Waals surface area contributed by atoms with E-state index < -0.39 is 0 Å². The summed E-state index contributed by atoms with van der Waals surface area (Å²) in [6, 6.07) is 7.51. The van der Waals surface area contributed by atoms with E-state index in [9.17, 15) is 4.79 Å². The third kappa shape index (κ3) is 1.98. The van der Waals surface area contributed by atoms with Crippen LogP contribution in [0.3, 0.4) is 0 Å². The molecule has 0 saturated carbocycles. The molecule has 0 atom stereocenters. The van der Waals surface area contributed by atoms with E-state index in [1.54, 1.807) is 24.8 Å². The minimum Gasteiger partial charge on any atom is -0.297 e. The summed E-state index contributed by atoms with van der Waals surface area (Å²) < 4.78 is 0. The average Bonchev–Trinajstić information content (AvgIpc) is 3.14. The van der Waals surface area contributed by atoms with E-state index >= 15 is 0 Å². The van der Waals surface area contributed by atoms with E-state index in [1.807, 2.05) is 30.3 Å². The van der Waals surface area contributed by atoms with Crippen LogP contribution < -0.4 is 5.56 Å². The van der Waals surface area contributed by atoms with Gasteiger partial charge < -0.3 is 0 Å². The first-order valence-corrected chi connectivity index (χ1v) is 6.75. The third-order valence-electron chi connectivity index (χ3n) is 3.49. The van der Waals surface area contributed by atoms with E-state index in [2.05, 4.69) is 25.2 Å². The number of nitrogens with zero attached hydrogens (tertiary/aromatic N) is 3. The van der Waals surface area contributed by atoms with E-state index in [1.165, 1.54) is 0 Å². The molecule has 0 aromatic carbocycles. The van der Waals surface area contributed by atoms with Crippen molar-refractivity contribution in [3.05, 3.63) is 64.3 Å². The van der Waals surface area contributed by atoms with Crippen LogP contribution in [-0.2, 0) is 0 Å². The molecule has 3 aromatic heterocycles. The lowest BCUT2D eigenvalue weighted by Gasteiger charge is -2.00. The van der Waals surface area contributed by atoms with Crippen molar-refractivity contribution in [3.63, 3.8) is 0 Å². The number of H-pyrrole nitrogens is 2. The normalized spacial score (nSPS) is 14.5. The fourth-order valence-corrected chi connectivity index (χ4v) is 2.44. The molecule has 0 unspecified atom stereocenters. The van der Waals surface area contributed by atoms with Gasteiger partial charge in [0.1, 0.15) is 0 Å². The fraction of sp³-hybridized carbons (Fsp3) is 0. The van der Waals surface area contributed by atoms with Gasteiger partial charge in [0.2, 0.25) is 0 Å². The molecule has 2 N–H and O–H groups in total. The number of aromatic amines is 2. The first-order valence-electron chi connectivity index (χ1n) is 6.75. The molecule has 4 rings (SSSR count). The molecule has 106 valence electrons. The first-order chi connectivity index (χ1) is 10.8. The van der Waals surface area contributed by atoms with Gasteiger partial charge in [0.25, 0.3) is 5.56 Å². The van der Waals surface area contributed by atoms with E-state index in [4.69, 9.17) is 0 Å². The van der Waals surface area contributed by atoms with E-state index in [0.29, 0.717) is 17.1 Å². The van der Waals surface area contributed by atoms with E-state index in [0.717, 1.165) is 16.7 Å². The topological polar surface area (TPSA) is 86.8 Å². The van der Waals surface area contributed by atoms with Gasteiger partial charge in [-0.05, 0) is 30.3 Å². The maximum absolute atomic E-state index is 12.1. The van der Waals surface area contributed by atoms with Crippen LogP contribution in [0.4, 0.5) is 5.82 Å². The second kappa shape index (κ2) is 4.92. The molecule has 0 fully saturated rings. The van der Waals surface area contributed by atoms with Crippen LogP contribution in [0.1, 0.15) is 11.1 Å². The van der Waals surface area contributed by atoms with Crippen LogP contribution in [0, 0.1) is 0 Å². The Kier molecular flexibility index (Phi) is 2.79. The summed E-state index contributed by atoms with van der Waals surface area (Å²) in [4.78, 5) is 24.6. The smallest absolute Gasteiger partial charge is 0.271 e. The molecule has 3 aromatic rings. The number of pyridine rings is 2. The number of allylic oxidation sites excluding steroid dienone is 1. The Morgan fingerprint density at radius 3 is 2.86 bits per heavy atom. The van der Waals surface area contributed by atoms with Gasteiger partial charge in [0.05, 0.1) is 11.3 Å². The molecule has 0 aliphatic carbocycles. The highest BCUT2D eigenvalue weighted by molar-refractivity contribution is 6.21. The average molecular weight is 289 g/mol. The van der Waals surface area contributed by atoms with Crippen LogP contribution in [0.5, 0.6) is 0 Å². The fourth-order valence-electron chi connectivity index (χ4n) is 2.44. The first kappa shape index (κ1) is 12.5. The van der Waals surface area contributed by atoms with Crippen LogP contribution in [-0.4, -0.2) is 26.4 Å². The molecule has 1 aliphatic rings. The van der Waals surface area contributed by atoms with Crippen molar-refractivity contribution in [2.75, 3.05) is 0 Å². The summed E-state index contributed by atoms with van der Waals surface area (Å²) in [6.45, 7) is 0. The monoisotopic (exact) mass is 289 g/mol. The van der Waals surface area contributed by atoms with Crippen molar-refractivity contribution in [1.82, 2.24) is 20.2 Å². The molecule has 4 heterocycles. The Hall–Kier alpha value is -3.28. The SMILES string of the molecule is O=c1[nH][nH]c(-c2cccnc2)c1/C=C1/C=Nc2ncccc21. The lowest BCUT2D eigenvalue weighted by atomic mass is 10.0. The van der Waals surface area contributed by atoms with Gasteiger partial charge in [0, 0.05) is 41.5 Å². The molecule has 0 bridgehead atoms. The van der Waals surface area contributed by atoms with Gasteiger partial charge in [0.15, 0.2) is 5.82 Å². The number of fused-ring (bicyclic) bond motifs is 1. The lowest BCUT2D eigenvalue weighted by Crippen LogP contribution is -2.02. The number of hydrogen-bond acceptors (Lipinski definition) is 4. The Balaban J connectivity index is 1.86. The van der Waals surface area contributed by atoms with Gasteiger partial charge in [-0.25, -0.2) is 9.98 Å². The van der Waals surface area contributed by atoms with Gasteiger partial charge in [-0.2, -0.15) is 0 Å². The van der Waals surface area contributed by atoms with Crippen molar-refractivity contribution < 1.29 is 0 Å². The third-order valence-corrected chi connectivity index (χ3v) is 3.49. The maximum Gasteiger partial charge on any atom is 0.271 e. The molecular weight excluding hydrogens is 278 g/mol. The predicted octanol–water partition coefficient (Wildman–Crippen LogP) is 2.42. The Bertz CT molecular complexity index is 950. The second-order valence-corrected chi connectivity index (χ2v) is 4.84. The number of hydrogen-bond donors (Lipinski definition) is 2. The van der Waals surface area contributed by atoms with Gasteiger partial charge in [-0.15, -0.1) is 0 Å². The number of nitrogens with one attached hydrogen (secondary N) is 2. The van der Waals surface area contributed by atoms with Crippen molar-refractivity contribution >= 4 is 23.7 Å². The molecule has 6 nitrogen and oxygen atoms in total. The minimum absolute atomic E-state index is 0.183. The van der Waals surface area contributed by atoms with Crippen LogP contribution >= 0.6 is 0 Å². The van der Waals surface area contributed by atoms with Crippen molar-refractivity contribution in [2.45, 2.75) is 0 Å². The van der Waals surface area contributed by atoms with Crippen LogP contribution in [0.25, 0.3) is 22.9 Å². The Morgan fingerprint density at radius 2 is 2.00 bits per heavy atom. The highest BCUT2D eigenvalue weighted by Gasteiger charge is 2.16. The maximum atomic E-state index is 12.1. The van der Waals surface area contributed by atoms with Crippen LogP contribution in [0.2, 0.25) is 0 Å². The molecule has 0 saturated heterocycles. The minimum atomic E-state index is -0.183. The molecular formula is C16H11N5O. The van der Waals surface area contributed by atoms with Crippen molar-refractivity contribution in [2.24, 2.45) is 4.99 Å². The standard InChI is InChI=1S/C16H11N5O/c22-16-13(14(20-21-16)10-3-1-5-17-8-10)7-11-9-19-15-12(11)4-2-6-18-15/h1-9H,(H2,20,21,22)/b11-7-. The summed E-state index contributed by atoms with van der Waals surface area (Å²) >= 11 is 0. The van der Waals surface area contributed by atoms with Gasteiger partial charge in [-0.1, -0.05) is 0 Å². The lowest BCUT2D eigenvalue weighted by molar-refractivity contribution is 1.06. The number of aromatic nitrogens is 4. The Labute approximate surface area is 125 Å². The quantitative estimate of drug-likeness (QED) is 0.759. The second-order valence-electron chi connectivity index (χ2n) is 4.84. The van der Waals surface area contributed by atoms with Crippen molar-refractivity contribution in [3.8, 4) is 11.3 Å².